The van der Waals surface area contributed by atoms with Crippen molar-refractivity contribution in [2.75, 3.05) is 6.54 Å². The maximum Gasteiger partial charge on any atom is 0.372 e. The lowest BCUT2D eigenvalue weighted by Crippen LogP contribution is -2.17. The summed E-state index contributed by atoms with van der Waals surface area (Å²) in [7, 11) is 0. The topological polar surface area (TPSA) is 62.5 Å². The van der Waals surface area contributed by atoms with Gasteiger partial charge < -0.3 is 14.8 Å². The van der Waals surface area contributed by atoms with Gasteiger partial charge >= 0.3 is 5.97 Å². The molecule has 0 fully saturated rings. The van der Waals surface area contributed by atoms with Crippen LogP contribution < -0.4 is 5.32 Å². The summed E-state index contributed by atoms with van der Waals surface area (Å²) in [6, 6.07) is 5.80. The van der Waals surface area contributed by atoms with Crippen molar-refractivity contribution >= 4 is 17.3 Å². The Morgan fingerprint density at radius 2 is 2.35 bits per heavy atom. The molecule has 2 rings (SSSR count). The summed E-state index contributed by atoms with van der Waals surface area (Å²) >= 11 is 1.73. The summed E-state index contributed by atoms with van der Waals surface area (Å²) < 4.78 is 4.89. The van der Waals surface area contributed by atoms with Crippen LogP contribution in [0, 0.1) is 0 Å². The van der Waals surface area contributed by atoms with E-state index in [-0.39, 0.29) is 5.76 Å². The van der Waals surface area contributed by atoms with Gasteiger partial charge in [-0.05, 0) is 23.9 Å². The molecule has 0 spiro atoms. The van der Waals surface area contributed by atoms with Gasteiger partial charge in [0.25, 0.3) is 0 Å². The lowest BCUT2D eigenvalue weighted by Gasteiger charge is -2.02. The predicted octanol–water partition coefficient (Wildman–Crippen LogP) is 2.37. The summed E-state index contributed by atoms with van der Waals surface area (Å²) in [6.07, 6.45) is 2.36. The third-order valence-corrected chi connectivity index (χ3v) is 3.32. The monoisotopic (exact) mass is 251 g/mol. The molecule has 0 amide bonds. The first-order valence-corrected chi connectivity index (χ1v) is 6.18. The van der Waals surface area contributed by atoms with Crippen molar-refractivity contribution in [3.63, 3.8) is 0 Å². The average Bonchev–Trinajstić information content (AvgIpc) is 2.95. The van der Waals surface area contributed by atoms with Crippen molar-refractivity contribution < 1.29 is 14.3 Å². The Kier molecular flexibility index (Phi) is 3.95. The van der Waals surface area contributed by atoms with E-state index in [0.29, 0.717) is 12.1 Å². The fourth-order valence-corrected chi connectivity index (χ4v) is 2.26. The summed E-state index contributed by atoms with van der Waals surface area (Å²) in [5, 5.41) is 14.1. The Hall–Kier alpha value is -1.59. The van der Waals surface area contributed by atoms with Crippen LogP contribution in [0.2, 0.25) is 0 Å². The molecule has 0 radical (unpaired) electrons. The number of aromatic carboxylic acids is 1. The van der Waals surface area contributed by atoms with Crippen LogP contribution >= 0.6 is 11.3 Å². The first kappa shape index (κ1) is 11.9. The molecule has 17 heavy (non-hydrogen) atoms. The first-order valence-electron chi connectivity index (χ1n) is 5.30. The number of rotatable bonds is 6. The van der Waals surface area contributed by atoms with Crippen molar-refractivity contribution in [3.05, 3.63) is 46.0 Å². The average molecular weight is 251 g/mol. The Balaban J connectivity index is 1.78. The van der Waals surface area contributed by atoms with Crippen LogP contribution in [0.25, 0.3) is 0 Å². The van der Waals surface area contributed by atoms with Crippen LogP contribution in [-0.4, -0.2) is 17.6 Å². The zero-order chi connectivity index (χ0) is 12.1. The number of thiophene rings is 1. The number of furan rings is 1. The fourth-order valence-electron chi connectivity index (χ4n) is 1.55. The molecule has 2 heterocycles. The number of carboxylic acids is 1. The zero-order valence-corrected chi connectivity index (χ0v) is 10.00. The van der Waals surface area contributed by atoms with Crippen molar-refractivity contribution in [1.29, 1.82) is 0 Å². The molecule has 0 aliphatic heterocycles. The van der Waals surface area contributed by atoms with E-state index < -0.39 is 5.97 Å². The Bertz CT molecular complexity index is 476. The number of hydrogen-bond donors (Lipinski definition) is 2. The van der Waals surface area contributed by atoms with Crippen LogP contribution in [0.4, 0.5) is 0 Å². The molecular formula is C12H13NO3S. The summed E-state index contributed by atoms with van der Waals surface area (Å²) in [5.41, 5.74) is 0.684. The standard InChI is InChI=1S/C12H13NO3S/c14-12(15)11-9(4-6-16-11)8-13-5-3-10-2-1-7-17-10/h1-2,4,6-7,13H,3,5,8H2,(H,14,15). The van der Waals surface area contributed by atoms with E-state index in [1.54, 1.807) is 17.4 Å². The molecular weight excluding hydrogens is 238 g/mol. The number of nitrogens with one attached hydrogen (secondary N) is 1. The quantitative estimate of drug-likeness (QED) is 0.774. The largest absolute Gasteiger partial charge is 0.475 e. The summed E-state index contributed by atoms with van der Waals surface area (Å²) in [4.78, 5) is 12.1. The third-order valence-electron chi connectivity index (χ3n) is 2.38. The van der Waals surface area contributed by atoms with Crippen molar-refractivity contribution in [1.82, 2.24) is 5.32 Å². The van der Waals surface area contributed by atoms with Crippen LogP contribution in [0.3, 0.4) is 0 Å². The normalized spacial score (nSPS) is 10.6. The molecule has 0 saturated carbocycles. The van der Waals surface area contributed by atoms with Gasteiger partial charge in [-0.2, -0.15) is 0 Å². The van der Waals surface area contributed by atoms with Crippen LogP contribution in [0.1, 0.15) is 21.0 Å². The number of carbonyl (C=O) groups is 1. The van der Waals surface area contributed by atoms with Crippen molar-refractivity contribution in [3.8, 4) is 0 Å². The highest BCUT2D eigenvalue weighted by Gasteiger charge is 2.12. The molecule has 0 aliphatic rings. The van der Waals surface area contributed by atoms with Gasteiger partial charge in [-0.25, -0.2) is 4.79 Å². The second-order valence-corrected chi connectivity index (χ2v) is 4.62. The second-order valence-electron chi connectivity index (χ2n) is 3.59. The van der Waals surface area contributed by atoms with Gasteiger partial charge in [-0.1, -0.05) is 6.07 Å². The molecule has 0 unspecified atom stereocenters. The molecule has 0 atom stereocenters. The minimum Gasteiger partial charge on any atom is -0.475 e. The summed E-state index contributed by atoms with van der Waals surface area (Å²) in [6.45, 7) is 1.34. The van der Waals surface area contributed by atoms with E-state index in [9.17, 15) is 4.79 Å². The maximum absolute atomic E-state index is 10.8. The molecule has 4 nitrogen and oxygen atoms in total. The molecule has 2 N–H and O–H groups in total. The van der Waals surface area contributed by atoms with E-state index in [4.69, 9.17) is 9.52 Å². The molecule has 90 valence electrons. The zero-order valence-electron chi connectivity index (χ0n) is 9.18. The molecule has 2 aromatic heterocycles. The minimum atomic E-state index is -1.02. The number of hydrogen-bond acceptors (Lipinski definition) is 4. The highest BCUT2D eigenvalue weighted by Crippen LogP contribution is 2.11. The van der Waals surface area contributed by atoms with E-state index >= 15 is 0 Å². The lowest BCUT2D eigenvalue weighted by molar-refractivity contribution is 0.0660. The summed E-state index contributed by atoms with van der Waals surface area (Å²) in [5.74, 6) is -1.00. The SMILES string of the molecule is O=C(O)c1occc1CNCCc1cccs1. The smallest absolute Gasteiger partial charge is 0.372 e. The number of carboxylic acid groups (broad SMARTS) is 1. The molecule has 5 heteroatoms. The van der Waals surface area contributed by atoms with Gasteiger partial charge in [0.2, 0.25) is 5.76 Å². The highest BCUT2D eigenvalue weighted by molar-refractivity contribution is 7.09. The van der Waals surface area contributed by atoms with E-state index in [1.807, 2.05) is 11.4 Å². The minimum absolute atomic E-state index is 0.0219. The van der Waals surface area contributed by atoms with Crippen LogP contribution in [0.15, 0.2) is 34.3 Å². The molecule has 2 aromatic rings. The maximum atomic E-state index is 10.8. The van der Waals surface area contributed by atoms with Gasteiger partial charge in [0.15, 0.2) is 0 Å². The van der Waals surface area contributed by atoms with Gasteiger partial charge in [0, 0.05) is 23.5 Å². The lowest BCUT2D eigenvalue weighted by atomic mass is 10.2. The van der Waals surface area contributed by atoms with E-state index in [0.717, 1.165) is 13.0 Å². The Morgan fingerprint density at radius 1 is 1.47 bits per heavy atom. The molecule has 0 aromatic carbocycles. The van der Waals surface area contributed by atoms with Crippen molar-refractivity contribution in [2.24, 2.45) is 0 Å². The van der Waals surface area contributed by atoms with Crippen molar-refractivity contribution in [2.45, 2.75) is 13.0 Å². The first-order chi connectivity index (χ1) is 8.27. The Morgan fingerprint density at radius 3 is 3.06 bits per heavy atom. The highest BCUT2D eigenvalue weighted by atomic mass is 32.1. The third kappa shape index (κ3) is 3.18. The van der Waals surface area contributed by atoms with Gasteiger partial charge in [0.1, 0.15) is 0 Å². The fraction of sp³-hybridized carbons (Fsp3) is 0.250. The van der Waals surface area contributed by atoms with E-state index in [2.05, 4.69) is 11.4 Å². The Labute approximate surface area is 103 Å². The van der Waals surface area contributed by atoms with E-state index in [1.165, 1.54) is 11.1 Å². The molecule has 0 bridgehead atoms. The second kappa shape index (κ2) is 5.65. The van der Waals surface area contributed by atoms with Crippen LogP contribution in [0.5, 0.6) is 0 Å². The molecule has 0 saturated heterocycles. The van der Waals surface area contributed by atoms with Crippen LogP contribution in [-0.2, 0) is 13.0 Å². The van der Waals surface area contributed by atoms with Gasteiger partial charge in [0.05, 0.1) is 6.26 Å². The predicted molar refractivity (Wildman–Crippen MR) is 65.4 cm³/mol. The van der Waals surface area contributed by atoms with Gasteiger partial charge in [-0.3, -0.25) is 0 Å². The van der Waals surface area contributed by atoms with Gasteiger partial charge in [-0.15, -0.1) is 11.3 Å². The molecule has 0 aliphatic carbocycles.